The molecule has 0 fully saturated rings. The third kappa shape index (κ3) is 3.78. The van der Waals surface area contributed by atoms with Crippen molar-refractivity contribution in [1.29, 1.82) is 0 Å². The van der Waals surface area contributed by atoms with Crippen molar-refractivity contribution in [3.8, 4) is 11.3 Å². The molecule has 1 N–H and O–H groups in total. The second-order valence-corrected chi connectivity index (χ2v) is 7.85. The quantitative estimate of drug-likeness (QED) is 0.548. The first kappa shape index (κ1) is 17.2. The molecule has 1 aromatic heterocycles. The molecule has 1 unspecified atom stereocenters. The van der Waals surface area contributed by atoms with Crippen LogP contribution in [-0.4, -0.2) is 16.6 Å². The van der Waals surface area contributed by atoms with Crippen LogP contribution < -0.4 is 5.32 Å². The maximum Gasteiger partial charge on any atom is 0.275 e. The molecule has 5 nitrogen and oxygen atoms in total. The number of amides is 1. The maximum atomic E-state index is 12.4. The van der Waals surface area contributed by atoms with Crippen molar-refractivity contribution in [2.75, 3.05) is 5.32 Å². The highest BCUT2D eigenvalue weighted by atomic mass is 127. The highest BCUT2D eigenvalue weighted by Gasteiger charge is 2.27. The van der Waals surface area contributed by atoms with Gasteiger partial charge in [0.1, 0.15) is 5.71 Å². The number of thiazole rings is 1. The van der Waals surface area contributed by atoms with E-state index in [0.717, 1.165) is 16.8 Å². The average Bonchev–Trinajstić information content (AvgIpc) is 3.33. The molecule has 7 heteroatoms. The van der Waals surface area contributed by atoms with Crippen LogP contribution in [0.3, 0.4) is 0 Å². The van der Waals surface area contributed by atoms with E-state index >= 15 is 0 Å². The summed E-state index contributed by atoms with van der Waals surface area (Å²) in [5, 5.41) is 9.24. The molecule has 2 aromatic carbocycles. The third-order valence-electron chi connectivity index (χ3n) is 3.97. The minimum Gasteiger partial charge on any atom is -0.387 e. The van der Waals surface area contributed by atoms with Crippen molar-refractivity contribution in [2.24, 2.45) is 5.16 Å². The van der Waals surface area contributed by atoms with Crippen LogP contribution in [0.4, 0.5) is 5.13 Å². The van der Waals surface area contributed by atoms with E-state index in [0.29, 0.717) is 17.3 Å². The number of nitrogens with one attached hydrogen (secondary N) is 1. The molecule has 4 rings (SSSR count). The predicted octanol–water partition coefficient (Wildman–Crippen LogP) is 4.87. The smallest absolute Gasteiger partial charge is 0.275 e. The number of carbonyl (C=O) groups is 1. The van der Waals surface area contributed by atoms with Crippen LogP contribution in [0.25, 0.3) is 11.3 Å². The van der Waals surface area contributed by atoms with Crippen molar-refractivity contribution in [1.82, 2.24) is 4.98 Å². The van der Waals surface area contributed by atoms with E-state index in [1.54, 1.807) is 0 Å². The van der Waals surface area contributed by atoms with Crippen molar-refractivity contribution in [2.45, 2.75) is 12.5 Å². The fourth-order valence-corrected chi connectivity index (χ4v) is 3.69. The zero-order chi connectivity index (χ0) is 17.9. The Bertz CT molecular complexity index is 954. The van der Waals surface area contributed by atoms with Gasteiger partial charge < -0.3 is 4.84 Å². The first-order valence-electron chi connectivity index (χ1n) is 7.99. The summed E-state index contributed by atoms with van der Waals surface area (Å²) < 4.78 is 1.17. The lowest BCUT2D eigenvalue weighted by molar-refractivity contribution is -0.110. The first-order chi connectivity index (χ1) is 12.7. The Labute approximate surface area is 168 Å². The first-order valence-corrected chi connectivity index (χ1v) is 9.95. The molecule has 1 aliphatic rings. The van der Waals surface area contributed by atoms with Gasteiger partial charge in [-0.1, -0.05) is 47.6 Å². The fourth-order valence-electron chi connectivity index (χ4n) is 2.61. The monoisotopic (exact) mass is 475 g/mol. The Kier molecular flexibility index (Phi) is 4.98. The van der Waals surface area contributed by atoms with Crippen LogP contribution >= 0.6 is 33.9 Å². The van der Waals surface area contributed by atoms with E-state index in [1.165, 1.54) is 14.9 Å². The predicted molar refractivity (Wildman–Crippen MR) is 111 cm³/mol. The molecular formula is C19H14IN3O2S. The zero-order valence-electron chi connectivity index (χ0n) is 13.6. The summed E-state index contributed by atoms with van der Waals surface area (Å²) in [6, 6.07) is 17.9. The van der Waals surface area contributed by atoms with Gasteiger partial charge in [0, 0.05) is 20.9 Å². The molecule has 26 heavy (non-hydrogen) atoms. The second-order valence-electron chi connectivity index (χ2n) is 5.75. The van der Waals surface area contributed by atoms with E-state index < -0.39 is 0 Å². The largest absolute Gasteiger partial charge is 0.387 e. The Morgan fingerprint density at radius 3 is 2.69 bits per heavy atom. The number of anilines is 1. The molecule has 0 saturated carbocycles. The standard InChI is InChI=1S/C19H14IN3O2S/c20-14-8-6-12(7-9-14)16-11-26-19(21-16)22-18(24)15-10-17(25-23-15)13-4-2-1-3-5-13/h1-9,11,17H,10H2,(H,21,22,24). The normalized spacial score (nSPS) is 16.0. The second kappa shape index (κ2) is 7.55. The highest BCUT2D eigenvalue weighted by Crippen LogP contribution is 2.28. The van der Waals surface area contributed by atoms with Crippen molar-refractivity contribution >= 4 is 50.7 Å². The lowest BCUT2D eigenvalue weighted by Gasteiger charge is -2.07. The molecule has 0 radical (unpaired) electrons. The van der Waals surface area contributed by atoms with Crippen LogP contribution in [0, 0.1) is 3.57 Å². The minimum atomic E-state index is -0.271. The Morgan fingerprint density at radius 1 is 1.15 bits per heavy atom. The molecule has 0 saturated heterocycles. The SMILES string of the molecule is O=C(Nc1nc(-c2ccc(I)cc2)cs1)C1=NOC(c2ccccc2)C1. The number of halogens is 1. The van der Waals surface area contributed by atoms with E-state index in [4.69, 9.17) is 4.84 Å². The number of nitrogens with zero attached hydrogens (tertiary/aromatic N) is 2. The molecule has 3 aromatic rings. The van der Waals surface area contributed by atoms with E-state index in [1.807, 2.05) is 60.0 Å². The molecule has 2 heterocycles. The number of carbonyl (C=O) groups excluding carboxylic acids is 1. The van der Waals surface area contributed by atoms with Gasteiger partial charge in [-0.15, -0.1) is 11.3 Å². The van der Waals surface area contributed by atoms with Crippen molar-refractivity contribution in [3.05, 3.63) is 69.1 Å². The van der Waals surface area contributed by atoms with Gasteiger partial charge in [0.25, 0.3) is 5.91 Å². The van der Waals surface area contributed by atoms with E-state index in [9.17, 15) is 4.79 Å². The minimum absolute atomic E-state index is 0.212. The molecule has 0 bridgehead atoms. The Balaban J connectivity index is 1.40. The molecule has 1 aliphatic heterocycles. The lowest BCUT2D eigenvalue weighted by Crippen LogP contribution is -2.21. The molecule has 0 aliphatic carbocycles. The Hall–Kier alpha value is -2.26. The number of oxime groups is 1. The van der Waals surface area contributed by atoms with Crippen LogP contribution in [0.1, 0.15) is 18.1 Å². The van der Waals surface area contributed by atoms with Crippen LogP contribution in [0.5, 0.6) is 0 Å². The van der Waals surface area contributed by atoms with Gasteiger partial charge in [-0.05, 0) is 40.3 Å². The highest BCUT2D eigenvalue weighted by molar-refractivity contribution is 14.1. The number of benzene rings is 2. The van der Waals surface area contributed by atoms with Crippen molar-refractivity contribution in [3.63, 3.8) is 0 Å². The van der Waals surface area contributed by atoms with E-state index in [-0.39, 0.29) is 12.0 Å². The number of hydrogen-bond donors (Lipinski definition) is 1. The van der Waals surface area contributed by atoms with Gasteiger partial charge >= 0.3 is 0 Å². The summed E-state index contributed by atoms with van der Waals surface area (Å²) in [5.74, 6) is -0.271. The summed E-state index contributed by atoms with van der Waals surface area (Å²) in [4.78, 5) is 22.3. The molecule has 0 spiro atoms. The maximum absolute atomic E-state index is 12.4. The van der Waals surface area contributed by atoms with E-state index in [2.05, 4.69) is 38.0 Å². The summed E-state index contributed by atoms with van der Waals surface area (Å²) in [6.07, 6.45) is 0.237. The fraction of sp³-hybridized carbons (Fsp3) is 0.105. The van der Waals surface area contributed by atoms with Gasteiger partial charge in [-0.25, -0.2) is 4.98 Å². The van der Waals surface area contributed by atoms with Crippen LogP contribution in [-0.2, 0) is 9.63 Å². The number of rotatable bonds is 4. The van der Waals surface area contributed by atoms with Crippen LogP contribution in [0.15, 0.2) is 65.1 Å². The van der Waals surface area contributed by atoms with Gasteiger partial charge in [-0.2, -0.15) is 0 Å². The van der Waals surface area contributed by atoms with Crippen LogP contribution in [0.2, 0.25) is 0 Å². The van der Waals surface area contributed by atoms with Gasteiger partial charge in [0.15, 0.2) is 11.2 Å². The molecular weight excluding hydrogens is 461 g/mol. The van der Waals surface area contributed by atoms with Gasteiger partial charge in [0.05, 0.1) is 5.69 Å². The van der Waals surface area contributed by atoms with Gasteiger partial charge in [-0.3, -0.25) is 10.1 Å². The number of aromatic nitrogens is 1. The van der Waals surface area contributed by atoms with Crippen molar-refractivity contribution < 1.29 is 9.63 Å². The average molecular weight is 475 g/mol. The molecule has 1 amide bonds. The summed E-state index contributed by atoms with van der Waals surface area (Å²) in [5.41, 5.74) is 3.25. The Morgan fingerprint density at radius 2 is 1.92 bits per heavy atom. The topological polar surface area (TPSA) is 63.6 Å². The number of hydrogen-bond acceptors (Lipinski definition) is 5. The summed E-state index contributed by atoms with van der Waals surface area (Å²) in [6.45, 7) is 0. The molecule has 1 atom stereocenters. The molecule has 130 valence electrons. The zero-order valence-corrected chi connectivity index (χ0v) is 16.5. The summed E-state index contributed by atoms with van der Waals surface area (Å²) >= 11 is 3.66. The summed E-state index contributed by atoms with van der Waals surface area (Å²) in [7, 11) is 0. The van der Waals surface area contributed by atoms with Gasteiger partial charge in [0.2, 0.25) is 0 Å². The third-order valence-corrected chi connectivity index (χ3v) is 5.44. The lowest BCUT2D eigenvalue weighted by atomic mass is 10.0.